The molecule has 1 rings (SSSR count). The summed E-state index contributed by atoms with van der Waals surface area (Å²) in [4.78, 5) is 22.8. The number of carboxylic acid groups (broad SMARTS) is 1. The Balaban J connectivity index is 2.25. The second-order valence-corrected chi connectivity index (χ2v) is 6.42. The van der Waals surface area contributed by atoms with Crippen LogP contribution in [0.15, 0.2) is 0 Å². The smallest absolute Gasteiger partial charge is 0.314 e. The summed E-state index contributed by atoms with van der Waals surface area (Å²) in [6, 6.07) is -0.251. The van der Waals surface area contributed by atoms with E-state index in [0.717, 1.165) is 0 Å². The molecule has 0 aromatic rings. The molecule has 5 heteroatoms. The molecule has 0 aromatic carbocycles. The third kappa shape index (κ3) is 5.80. The number of hydrogen-bond donors (Lipinski definition) is 3. The highest BCUT2D eigenvalue weighted by Crippen LogP contribution is 2.30. The van der Waals surface area contributed by atoms with Crippen molar-refractivity contribution in [3.8, 4) is 0 Å². The van der Waals surface area contributed by atoms with E-state index in [1.54, 1.807) is 0 Å². The quantitative estimate of drug-likeness (QED) is 0.672. The summed E-state index contributed by atoms with van der Waals surface area (Å²) < 4.78 is 0. The molecule has 3 unspecified atom stereocenters. The molecule has 0 bridgehead atoms. The number of aliphatic carboxylic acids is 1. The van der Waals surface area contributed by atoms with Gasteiger partial charge in [-0.1, -0.05) is 33.6 Å². The summed E-state index contributed by atoms with van der Waals surface area (Å²) >= 11 is 0. The fourth-order valence-electron chi connectivity index (χ4n) is 2.87. The largest absolute Gasteiger partial charge is 0.481 e. The van der Waals surface area contributed by atoms with E-state index in [1.807, 2.05) is 13.8 Å². The van der Waals surface area contributed by atoms with Crippen LogP contribution in [0.5, 0.6) is 0 Å². The maximum atomic E-state index is 11.7. The molecule has 1 fully saturated rings. The average molecular weight is 284 g/mol. The van der Waals surface area contributed by atoms with E-state index in [0.29, 0.717) is 30.7 Å². The Morgan fingerprint density at radius 3 is 2.45 bits per heavy atom. The number of amides is 2. The van der Waals surface area contributed by atoms with Crippen LogP contribution >= 0.6 is 0 Å². The third-order valence-electron chi connectivity index (χ3n) is 4.18. The van der Waals surface area contributed by atoms with Crippen LogP contribution in [0.4, 0.5) is 4.79 Å². The van der Waals surface area contributed by atoms with E-state index in [-0.39, 0.29) is 12.6 Å². The molecule has 0 saturated heterocycles. The summed E-state index contributed by atoms with van der Waals surface area (Å²) in [6.45, 7) is 7.07. The normalized spacial score (nSPS) is 23.6. The second kappa shape index (κ2) is 8.12. The molecule has 1 aliphatic carbocycles. The van der Waals surface area contributed by atoms with Crippen LogP contribution in [0.2, 0.25) is 0 Å². The van der Waals surface area contributed by atoms with Crippen LogP contribution < -0.4 is 10.6 Å². The van der Waals surface area contributed by atoms with Crippen molar-refractivity contribution in [1.82, 2.24) is 10.6 Å². The molecular weight excluding hydrogens is 256 g/mol. The molecule has 20 heavy (non-hydrogen) atoms. The van der Waals surface area contributed by atoms with Crippen molar-refractivity contribution in [3.05, 3.63) is 0 Å². The van der Waals surface area contributed by atoms with Gasteiger partial charge in [-0.2, -0.15) is 0 Å². The number of nitrogens with one attached hydrogen (secondary N) is 2. The van der Waals surface area contributed by atoms with E-state index in [1.165, 1.54) is 19.3 Å². The Morgan fingerprint density at radius 1 is 1.25 bits per heavy atom. The minimum absolute atomic E-state index is 0.194. The molecule has 0 radical (unpaired) electrons. The van der Waals surface area contributed by atoms with Gasteiger partial charge in [-0.15, -0.1) is 0 Å². The van der Waals surface area contributed by atoms with Crippen LogP contribution in [0.3, 0.4) is 0 Å². The van der Waals surface area contributed by atoms with Crippen molar-refractivity contribution in [2.75, 3.05) is 13.1 Å². The minimum Gasteiger partial charge on any atom is -0.481 e. The average Bonchev–Trinajstić information content (AvgIpc) is 2.76. The van der Waals surface area contributed by atoms with Crippen LogP contribution in [0.25, 0.3) is 0 Å². The first-order valence-electron chi connectivity index (χ1n) is 7.64. The molecule has 0 heterocycles. The first-order chi connectivity index (χ1) is 9.40. The molecule has 3 N–H and O–H groups in total. The van der Waals surface area contributed by atoms with Crippen molar-refractivity contribution in [3.63, 3.8) is 0 Å². The molecule has 5 nitrogen and oxygen atoms in total. The Labute approximate surface area is 121 Å². The molecule has 0 aromatic heterocycles. The lowest BCUT2D eigenvalue weighted by molar-refractivity contribution is -0.142. The van der Waals surface area contributed by atoms with Gasteiger partial charge in [0.2, 0.25) is 0 Å². The lowest BCUT2D eigenvalue weighted by Crippen LogP contribution is -2.42. The number of urea groups is 1. The van der Waals surface area contributed by atoms with Gasteiger partial charge in [-0.05, 0) is 30.6 Å². The van der Waals surface area contributed by atoms with Gasteiger partial charge >= 0.3 is 12.0 Å². The van der Waals surface area contributed by atoms with Gasteiger partial charge in [0.1, 0.15) is 0 Å². The Morgan fingerprint density at radius 2 is 1.95 bits per heavy atom. The molecular formula is C15H28N2O3. The Kier molecular flexibility index (Phi) is 6.82. The van der Waals surface area contributed by atoms with Crippen LogP contribution in [-0.2, 0) is 4.79 Å². The number of carbonyl (C=O) groups is 2. The predicted molar refractivity (Wildman–Crippen MR) is 78.5 cm³/mol. The molecule has 0 spiro atoms. The summed E-state index contributed by atoms with van der Waals surface area (Å²) in [5, 5.41) is 14.6. The molecule has 2 amide bonds. The molecule has 116 valence electrons. The number of carbonyl (C=O) groups excluding carboxylic acids is 1. The SMILES string of the molecule is CC(C)CC(CNC(=O)NCC1CCCC1C)C(=O)O. The van der Waals surface area contributed by atoms with E-state index < -0.39 is 11.9 Å². The lowest BCUT2D eigenvalue weighted by atomic mass is 9.97. The zero-order valence-corrected chi connectivity index (χ0v) is 12.8. The van der Waals surface area contributed by atoms with Gasteiger partial charge in [0.15, 0.2) is 0 Å². The van der Waals surface area contributed by atoms with E-state index in [9.17, 15) is 9.59 Å². The number of carboxylic acids is 1. The first-order valence-corrected chi connectivity index (χ1v) is 7.64. The maximum Gasteiger partial charge on any atom is 0.314 e. The number of rotatable bonds is 7. The highest BCUT2D eigenvalue weighted by Gasteiger charge is 2.24. The third-order valence-corrected chi connectivity index (χ3v) is 4.18. The van der Waals surface area contributed by atoms with Crippen LogP contribution in [0, 0.1) is 23.7 Å². The molecule has 1 aliphatic rings. The van der Waals surface area contributed by atoms with Gasteiger partial charge < -0.3 is 15.7 Å². The van der Waals surface area contributed by atoms with Crippen molar-refractivity contribution >= 4 is 12.0 Å². The lowest BCUT2D eigenvalue weighted by Gasteiger charge is -2.18. The fraction of sp³-hybridized carbons (Fsp3) is 0.867. The topological polar surface area (TPSA) is 78.4 Å². The van der Waals surface area contributed by atoms with Crippen LogP contribution in [0.1, 0.15) is 46.5 Å². The number of hydrogen-bond acceptors (Lipinski definition) is 2. The van der Waals surface area contributed by atoms with Gasteiger partial charge in [0, 0.05) is 13.1 Å². The fourth-order valence-corrected chi connectivity index (χ4v) is 2.87. The van der Waals surface area contributed by atoms with Gasteiger partial charge in [0.05, 0.1) is 5.92 Å². The maximum absolute atomic E-state index is 11.7. The standard InChI is InChI=1S/C15H28N2O3/c1-10(2)7-13(14(18)19)9-17-15(20)16-8-12-6-4-5-11(12)3/h10-13H,4-9H2,1-3H3,(H,18,19)(H2,16,17,20). The van der Waals surface area contributed by atoms with Gasteiger partial charge in [-0.3, -0.25) is 4.79 Å². The highest BCUT2D eigenvalue weighted by molar-refractivity contribution is 5.75. The second-order valence-electron chi connectivity index (χ2n) is 6.42. The van der Waals surface area contributed by atoms with E-state index in [4.69, 9.17) is 5.11 Å². The summed E-state index contributed by atoms with van der Waals surface area (Å²) in [5.41, 5.74) is 0. The first kappa shape index (κ1) is 16.8. The van der Waals surface area contributed by atoms with Gasteiger partial charge in [0.25, 0.3) is 0 Å². The summed E-state index contributed by atoms with van der Waals surface area (Å²) in [7, 11) is 0. The van der Waals surface area contributed by atoms with Gasteiger partial charge in [-0.25, -0.2) is 4.79 Å². The Bertz CT molecular complexity index is 331. The van der Waals surface area contributed by atoms with E-state index in [2.05, 4.69) is 17.6 Å². The van der Waals surface area contributed by atoms with Crippen LogP contribution in [-0.4, -0.2) is 30.2 Å². The zero-order valence-electron chi connectivity index (χ0n) is 12.8. The van der Waals surface area contributed by atoms with Crippen molar-refractivity contribution in [2.24, 2.45) is 23.7 Å². The molecule has 3 atom stereocenters. The highest BCUT2D eigenvalue weighted by atomic mass is 16.4. The molecule has 1 saturated carbocycles. The summed E-state index contributed by atoms with van der Waals surface area (Å²) in [6.07, 6.45) is 4.23. The van der Waals surface area contributed by atoms with Crippen molar-refractivity contribution in [2.45, 2.75) is 46.5 Å². The minimum atomic E-state index is -0.844. The Hall–Kier alpha value is -1.26. The van der Waals surface area contributed by atoms with Crippen molar-refractivity contribution < 1.29 is 14.7 Å². The summed E-state index contributed by atoms with van der Waals surface area (Å²) in [5.74, 6) is 0.185. The van der Waals surface area contributed by atoms with E-state index >= 15 is 0 Å². The monoisotopic (exact) mass is 284 g/mol. The molecule has 0 aliphatic heterocycles. The predicted octanol–water partition coefficient (Wildman–Crippen LogP) is 2.47. The van der Waals surface area contributed by atoms with Crippen molar-refractivity contribution in [1.29, 1.82) is 0 Å². The zero-order chi connectivity index (χ0) is 15.1.